The molecule has 0 bridgehead atoms. The SMILES string of the molecule is CC(C)C[C@@H](O)[C@@H](/C=C/c1ccccc1C(=O)N1CCCC1)CCCOCc1ccccc1. The number of nitrogens with zero attached hydrogens (tertiary/aromatic N) is 1. The Bertz CT molecular complexity index is 871. The molecule has 2 aromatic carbocycles. The molecule has 3 rings (SSSR count). The van der Waals surface area contributed by atoms with Gasteiger partial charge in [0.25, 0.3) is 5.91 Å². The van der Waals surface area contributed by atoms with Gasteiger partial charge in [-0.2, -0.15) is 0 Å². The number of carbonyl (C=O) groups excluding carboxylic acids is 1. The summed E-state index contributed by atoms with van der Waals surface area (Å²) in [6.07, 6.45) is 8.37. The van der Waals surface area contributed by atoms with Gasteiger partial charge in [0.05, 0.1) is 12.7 Å². The third kappa shape index (κ3) is 8.13. The van der Waals surface area contributed by atoms with E-state index in [-0.39, 0.29) is 11.8 Å². The number of hydrogen-bond donors (Lipinski definition) is 1. The van der Waals surface area contributed by atoms with Gasteiger partial charge in [0, 0.05) is 31.2 Å². The summed E-state index contributed by atoms with van der Waals surface area (Å²) in [4.78, 5) is 14.9. The van der Waals surface area contributed by atoms with Gasteiger partial charge in [-0.15, -0.1) is 0 Å². The number of ether oxygens (including phenoxy) is 1. The molecule has 1 amide bonds. The van der Waals surface area contributed by atoms with Crippen LogP contribution in [0.4, 0.5) is 0 Å². The van der Waals surface area contributed by atoms with Crippen molar-refractivity contribution in [2.75, 3.05) is 19.7 Å². The Balaban J connectivity index is 1.61. The van der Waals surface area contributed by atoms with E-state index in [1.165, 1.54) is 5.56 Å². The maximum Gasteiger partial charge on any atom is 0.254 e. The molecule has 0 spiro atoms. The first-order valence-electron chi connectivity index (χ1n) is 12.4. The van der Waals surface area contributed by atoms with Crippen molar-refractivity contribution in [3.05, 3.63) is 77.4 Å². The largest absolute Gasteiger partial charge is 0.393 e. The van der Waals surface area contributed by atoms with E-state index in [9.17, 15) is 9.90 Å². The zero-order valence-electron chi connectivity index (χ0n) is 20.2. The van der Waals surface area contributed by atoms with E-state index in [2.05, 4.69) is 32.1 Å². The summed E-state index contributed by atoms with van der Waals surface area (Å²) in [5, 5.41) is 10.9. The lowest BCUT2D eigenvalue weighted by Crippen LogP contribution is -2.28. The maximum atomic E-state index is 13.0. The summed E-state index contributed by atoms with van der Waals surface area (Å²) in [7, 11) is 0. The quantitative estimate of drug-likeness (QED) is 0.407. The van der Waals surface area contributed by atoms with E-state index in [0.717, 1.165) is 56.3 Å². The lowest BCUT2D eigenvalue weighted by Gasteiger charge is -2.22. The predicted octanol–water partition coefficient (Wildman–Crippen LogP) is 5.96. The Labute approximate surface area is 199 Å². The molecular weight excluding hydrogens is 410 g/mol. The number of hydrogen-bond acceptors (Lipinski definition) is 3. The van der Waals surface area contributed by atoms with Crippen LogP contribution in [-0.2, 0) is 11.3 Å². The second-order valence-electron chi connectivity index (χ2n) is 9.49. The summed E-state index contributed by atoms with van der Waals surface area (Å²) < 4.78 is 5.85. The van der Waals surface area contributed by atoms with Crippen LogP contribution in [0, 0.1) is 11.8 Å². The number of aliphatic hydroxyl groups excluding tert-OH is 1. The van der Waals surface area contributed by atoms with Crippen LogP contribution in [0.3, 0.4) is 0 Å². The van der Waals surface area contributed by atoms with E-state index < -0.39 is 6.10 Å². The van der Waals surface area contributed by atoms with Crippen LogP contribution in [0.15, 0.2) is 60.7 Å². The third-order valence-electron chi connectivity index (χ3n) is 6.25. The van der Waals surface area contributed by atoms with E-state index in [1.54, 1.807) is 0 Å². The van der Waals surface area contributed by atoms with Crippen molar-refractivity contribution < 1.29 is 14.6 Å². The fourth-order valence-corrected chi connectivity index (χ4v) is 4.41. The summed E-state index contributed by atoms with van der Waals surface area (Å²) in [5.41, 5.74) is 2.85. The molecule has 0 unspecified atom stereocenters. The molecule has 33 heavy (non-hydrogen) atoms. The Hall–Kier alpha value is -2.43. The normalized spacial score (nSPS) is 15.9. The van der Waals surface area contributed by atoms with E-state index in [4.69, 9.17) is 4.74 Å². The van der Waals surface area contributed by atoms with E-state index in [0.29, 0.717) is 19.1 Å². The summed E-state index contributed by atoms with van der Waals surface area (Å²) in [6.45, 7) is 7.23. The van der Waals surface area contributed by atoms with Gasteiger partial charge in [-0.25, -0.2) is 0 Å². The lowest BCUT2D eigenvalue weighted by atomic mass is 9.90. The predicted molar refractivity (Wildman–Crippen MR) is 135 cm³/mol. The topological polar surface area (TPSA) is 49.8 Å². The molecule has 1 aliphatic heterocycles. The number of aliphatic hydroxyl groups is 1. The minimum absolute atomic E-state index is 0.0303. The van der Waals surface area contributed by atoms with Gasteiger partial charge < -0.3 is 14.7 Å². The highest BCUT2D eigenvalue weighted by atomic mass is 16.5. The van der Waals surface area contributed by atoms with Crippen molar-refractivity contribution in [3.63, 3.8) is 0 Å². The van der Waals surface area contributed by atoms with Crippen LogP contribution in [0.2, 0.25) is 0 Å². The monoisotopic (exact) mass is 449 g/mol. The standard InChI is InChI=1S/C29H39NO3/c1-23(2)21-28(31)26(14-10-20-33-22-24-11-4-3-5-12-24)17-16-25-13-6-7-15-27(25)29(32)30-18-8-9-19-30/h3-7,11-13,15-17,23,26,28,31H,8-10,14,18-22H2,1-2H3/b17-16+/t26-,28-/m1/s1. The van der Waals surface area contributed by atoms with Gasteiger partial charge in [-0.1, -0.05) is 74.5 Å². The van der Waals surface area contributed by atoms with Crippen LogP contribution in [0.25, 0.3) is 6.08 Å². The van der Waals surface area contributed by atoms with Crippen molar-refractivity contribution in [3.8, 4) is 0 Å². The van der Waals surface area contributed by atoms with Crippen molar-refractivity contribution in [1.29, 1.82) is 0 Å². The molecule has 1 heterocycles. The van der Waals surface area contributed by atoms with Gasteiger partial charge in [-0.3, -0.25) is 4.79 Å². The third-order valence-corrected chi connectivity index (χ3v) is 6.25. The first-order chi connectivity index (χ1) is 16.0. The highest BCUT2D eigenvalue weighted by Gasteiger charge is 2.22. The molecule has 1 aliphatic rings. The average molecular weight is 450 g/mol. The molecule has 0 aromatic heterocycles. The Morgan fingerprint density at radius 3 is 2.48 bits per heavy atom. The van der Waals surface area contributed by atoms with Gasteiger partial charge in [0.15, 0.2) is 0 Å². The molecule has 178 valence electrons. The zero-order chi connectivity index (χ0) is 23.5. The molecule has 1 saturated heterocycles. The fraction of sp³-hybridized carbons (Fsp3) is 0.483. The van der Waals surface area contributed by atoms with Crippen LogP contribution < -0.4 is 0 Å². The second-order valence-corrected chi connectivity index (χ2v) is 9.49. The highest BCUT2D eigenvalue weighted by Crippen LogP contribution is 2.23. The van der Waals surface area contributed by atoms with Crippen molar-refractivity contribution in [1.82, 2.24) is 4.90 Å². The van der Waals surface area contributed by atoms with Gasteiger partial charge in [0.2, 0.25) is 0 Å². The van der Waals surface area contributed by atoms with E-state index in [1.807, 2.05) is 53.4 Å². The summed E-state index contributed by atoms with van der Waals surface area (Å²) in [6, 6.07) is 18.0. The summed E-state index contributed by atoms with van der Waals surface area (Å²) in [5.74, 6) is 0.568. The molecule has 2 aromatic rings. The van der Waals surface area contributed by atoms with Crippen molar-refractivity contribution in [2.45, 2.75) is 58.7 Å². The Morgan fingerprint density at radius 2 is 1.76 bits per heavy atom. The van der Waals surface area contributed by atoms with Gasteiger partial charge in [-0.05, 0) is 55.2 Å². The number of rotatable bonds is 12. The minimum atomic E-state index is -0.406. The first-order valence-corrected chi connectivity index (χ1v) is 12.4. The molecule has 1 N–H and O–H groups in total. The molecule has 2 atom stereocenters. The number of amides is 1. The van der Waals surface area contributed by atoms with Gasteiger partial charge in [0.1, 0.15) is 0 Å². The Morgan fingerprint density at radius 1 is 1.06 bits per heavy atom. The summed E-state index contributed by atoms with van der Waals surface area (Å²) >= 11 is 0. The molecule has 0 aliphatic carbocycles. The molecule has 0 radical (unpaired) electrons. The first kappa shape index (κ1) is 25.2. The Kier molecular flexibility index (Phi) is 10.2. The molecule has 4 nitrogen and oxygen atoms in total. The van der Waals surface area contributed by atoms with Crippen molar-refractivity contribution >= 4 is 12.0 Å². The second kappa shape index (κ2) is 13.3. The fourth-order valence-electron chi connectivity index (χ4n) is 4.41. The van der Waals surface area contributed by atoms with Crippen LogP contribution >= 0.6 is 0 Å². The van der Waals surface area contributed by atoms with Crippen LogP contribution in [0.5, 0.6) is 0 Å². The number of likely N-dealkylation sites (tertiary alicyclic amines) is 1. The van der Waals surface area contributed by atoms with Gasteiger partial charge >= 0.3 is 0 Å². The highest BCUT2D eigenvalue weighted by molar-refractivity contribution is 5.97. The maximum absolute atomic E-state index is 13.0. The van der Waals surface area contributed by atoms with E-state index >= 15 is 0 Å². The molecular formula is C29H39NO3. The van der Waals surface area contributed by atoms with Crippen molar-refractivity contribution in [2.24, 2.45) is 11.8 Å². The molecule has 0 saturated carbocycles. The minimum Gasteiger partial charge on any atom is -0.393 e. The van der Waals surface area contributed by atoms with Crippen LogP contribution in [-0.4, -0.2) is 41.7 Å². The van der Waals surface area contributed by atoms with Crippen LogP contribution in [0.1, 0.15) is 67.4 Å². The zero-order valence-corrected chi connectivity index (χ0v) is 20.2. The number of carbonyl (C=O) groups is 1. The lowest BCUT2D eigenvalue weighted by molar-refractivity contribution is 0.0792. The smallest absolute Gasteiger partial charge is 0.254 e. The molecule has 1 fully saturated rings. The molecule has 4 heteroatoms. The average Bonchev–Trinajstić information content (AvgIpc) is 3.36. The number of benzene rings is 2.